The summed E-state index contributed by atoms with van der Waals surface area (Å²) >= 11 is 5.58. The fraction of sp³-hybridized carbons (Fsp3) is 0.462. The molecule has 1 amide bonds. The number of anilines is 1. The number of nitrogens with zero attached hydrogens (tertiary/aromatic N) is 3. The number of halogens is 7. The lowest BCUT2D eigenvalue weighted by Gasteiger charge is -2.09. The van der Waals surface area contributed by atoms with Crippen molar-refractivity contribution in [1.82, 2.24) is 20.0 Å². The predicted molar refractivity (Wildman–Crippen MR) is 78.5 cm³/mol. The van der Waals surface area contributed by atoms with Gasteiger partial charge in [0.05, 0.1) is 28.6 Å². The molecule has 144 valence electrons. The number of aromatic nitrogens is 4. The number of amides is 1. The lowest BCUT2D eigenvalue weighted by atomic mass is 10.2. The van der Waals surface area contributed by atoms with E-state index < -0.39 is 46.8 Å². The van der Waals surface area contributed by atoms with Gasteiger partial charge in [-0.2, -0.15) is 36.5 Å². The minimum absolute atomic E-state index is 0.0108. The summed E-state index contributed by atoms with van der Waals surface area (Å²) in [6.07, 6.45) is -9.95. The van der Waals surface area contributed by atoms with Crippen molar-refractivity contribution in [2.24, 2.45) is 0 Å². The maximum absolute atomic E-state index is 12.8. The third kappa shape index (κ3) is 4.11. The van der Waals surface area contributed by atoms with Crippen LogP contribution < -0.4 is 5.32 Å². The molecule has 0 bridgehead atoms. The lowest BCUT2D eigenvalue weighted by Crippen LogP contribution is -2.19. The molecule has 0 spiro atoms. The molecule has 2 N–H and O–H groups in total. The standard InChI is InChI=1S/C13H12ClF6N5O/c1-5-9(11(23-22-5)13(18,19)20)21-7(26)3-4-25-6(2)8(14)10(24-25)12(15,16)17/h3-4H2,1-2H3,(H,21,26)(H,22,23). The van der Waals surface area contributed by atoms with Gasteiger partial charge in [-0.1, -0.05) is 11.6 Å². The number of carbonyl (C=O) groups excluding carboxylic acids is 1. The second kappa shape index (κ2) is 6.82. The van der Waals surface area contributed by atoms with Crippen molar-refractivity contribution >= 4 is 23.2 Å². The summed E-state index contributed by atoms with van der Waals surface area (Å²) in [5.74, 6) is -0.848. The number of carbonyl (C=O) groups is 1. The van der Waals surface area contributed by atoms with Crippen LogP contribution in [0.5, 0.6) is 0 Å². The van der Waals surface area contributed by atoms with E-state index in [9.17, 15) is 31.1 Å². The molecule has 0 aliphatic rings. The molecule has 0 atom stereocenters. The monoisotopic (exact) mass is 403 g/mol. The van der Waals surface area contributed by atoms with Gasteiger partial charge in [-0.3, -0.25) is 14.6 Å². The zero-order chi connectivity index (χ0) is 19.9. The first-order chi connectivity index (χ1) is 11.8. The molecular weight excluding hydrogens is 392 g/mol. The minimum atomic E-state index is -4.78. The summed E-state index contributed by atoms with van der Waals surface area (Å²) < 4.78 is 77.5. The van der Waals surface area contributed by atoms with Crippen LogP contribution in [0.25, 0.3) is 0 Å². The Morgan fingerprint density at radius 2 is 1.73 bits per heavy atom. The van der Waals surface area contributed by atoms with Crippen LogP contribution in [0.2, 0.25) is 5.02 Å². The predicted octanol–water partition coefficient (Wildman–Crippen LogP) is 3.94. The maximum Gasteiger partial charge on any atom is 0.437 e. The van der Waals surface area contributed by atoms with Gasteiger partial charge in [-0.25, -0.2) is 0 Å². The summed E-state index contributed by atoms with van der Waals surface area (Å²) in [7, 11) is 0. The number of alkyl halides is 6. The van der Waals surface area contributed by atoms with Crippen LogP contribution >= 0.6 is 11.6 Å². The summed E-state index contributed by atoms with van der Waals surface area (Å²) in [6.45, 7) is 2.26. The van der Waals surface area contributed by atoms with Crippen molar-refractivity contribution in [3.8, 4) is 0 Å². The Morgan fingerprint density at radius 3 is 2.23 bits per heavy atom. The highest BCUT2D eigenvalue weighted by molar-refractivity contribution is 6.31. The number of aryl methyl sites for hydroxylation is 2. The topological polar surface area (TPSA) is 75.6 Å². The highest BCUT2D eigenvalue weighted by Gasteiger charge is 2.39. The number of nitrogens with one attached hydrogen (secondary N) is 2. The van der Waals surface area contributed by atoms with E-state index >= 15 is 0 Å². The van der Waals surface area contributed by atoms with Gasteiger partial charge in [0, 0.05) is 6.42 Å². The first-order valence-electron chi connectivity index (χ1n) is 7.04. The van der Waals surface area contributed by atoms with E-state index in [2.05, 4.69) is 20.6 Å². The number of H-pyrrole nitrogens is 1. The molecule has 0 unspecified atom stereocenters. The van der Waals surface area contributed by atoms with Crippen LogP contribution in [0.15, 0.2) is 0 Å². The van der Waals surface area contributed by atoms with Crippen LogP contribution in [-0.4, -0.2) is 25.9 Å². The molecule has 2 rings (SSSR count). The van der Waals surface area contributed by atoms with Crippen LogP contribution in [0, 0.1) is 13.8 Å². The van der Waals surface area contributed by atoms with E-state index in [1.165, 1.54) is 13.8 Å². The van der Waals surface area contributed by atoms with Gasteiger partial charge in [0.2, 0.25) is 5.91 Å². The Hall–Kier alpha value is -2.24. The molecule has 0 fully saturated rings. The molecule has 0 aliphatic carbocycles. The Morgan fingerprint density at radius 1 is 1.15 bits per heavy atom. The molecular formula is C13H12ClF6N5O. The second-order valence-electron chi connectivity index (χ2n) is 5.34. The van der Waals surface area contributed by atoms with Crippen LogP contribution in [0.1, 0.15) is 29.2 Å². The lowest BCUT2D eigenvalue weighted by molar-refractivity contribution is -0.141. The van der Waals surface area contributed by atoms with Crippen molar-refractivity contribution in [3.63, 3.8) is 0 Å². The third-order valence-corrected chi connectivity index (χ3v) is 3.89. The van der Waals surface area contributed by atoms with Gasteiger partial charge in [0.1, 0.15) is 0 Å². The molecule has 2 heterocycles. The zero-order valence-electron chi connectivity index (χ0n) is 13.3. The molecule has 2 aromatic heterocycles. The van der Waals surface area contributed by atoms with Gasteiger partial charge in [-0.05, 0) is 13.8 Å². The van der Waals surface area contributed by atoms with E-state index in [1.807, 2.05) is 0 Å². The molecule has 0 aliphatic heterocycles. The Labute approximate surface area is 147 Å². The van der Waals surface area contributed by atoms with Gasteiger partial charge < -0.3 is 5.32 Å². The summed E-state index contributed by atoms with van der Waals surface area (Å²) in [6, 6.07) is 0. The first kappa shape index (κ1) is 20.1. The summed E-state index contributed by atoms with van der Waals surface area (Å²) in [5, 5.41) is 9.97. The number of hydrogen-bond donors (Lipinski definition) is 2. The van der Waals surface area contributed by atoms with Crippen molar-refractivity contribution in [2.45, 2.75) is 39.2 Å². The molecule has 13 heteroatoms. The smallest absolute Gasteiger partial charge is 0.323 e. The van der Waals surface area contributed by atoms with Crippen LogP contribution in [0.3, 0.4) is 0 Å². The van der Waals surface area contributed by atoms with Crippen LogP contribution in [0.4, 0.5) is 32.0 Å². The Bertz CT molecular complexity index is 822. The number of hydrogen-bond acceptors (Lipinski definition) is 3. The van der Waals surface area contributed by atoms with Crippen molar-refractivity contribution in [1.29, 1.82) is 0 Å². The van der Waals surface area contributed by atoms with Gasteiger partial charge in [0.15, 0.2) is 11.4 Å². The van der Waals surface area contributed by atoms with E-state index in [-0.39, 0.29) is 17.9 Å². The molecule has 26 heavy (non-hydrogen) atoms. The highest BCUT2D eigenvalue weighted by Crippen LogP contribution is 2.36. The number of aromatic amines is 1. The van der Waals surface area contributed by atoms with E-state index in [4.69, 9.17) is 11.6 Å². The number of rotatable bonds is 4. The normalized spacial score (nSPS) is 12.5. The Kier molecular flexibility index (Phi) is 5.26. The fourth-order valence-electron chi connectivity index (χ4n) is 2.12. The van der Waals surface area contributed by atoms with Gasteiger partial charge in [0.25, 0.3) is 0 Å². The first-order valence-corrected chi connectivity index (χ1v) is 7.42. The summed E-state index contributed by atoms with van der Waals surface area (Å²) in [4.78, 5) is 11.9. The van der Waals surface area contributed by atoms with Gasteiger partial charge >= 0.3 is 12.4 Å². The SMILES string of the molecule is Cc1[nH]nc(C(F)(F)F)c1NC(=O)CCn1nc(C(F)(F)F)c(Cl)c1C. The molecule has 0 saturated heterocycles. The molecule has 6 nitrogen and oxygen atoms in total. The van der Waals surface area contributed by atoms with Crippen molar-refractivity contribution < 1.29 is 31.1 Å². The maximum atomic E-state index is 12.8. The van der Waals surface area contributed by atoms with E-state index in [0.29, 0.717) is 0 Å². The molecule has 0 radical (unpaired) electrons. The summed E-state index contributed by atoms with van der Waals surface area (Å²) in [5.41, 5.74) is -3.14. The average molecular weight is 404 g/mol. The largest absolute Gasteiger partial charge is 0.437 e. The molecule has 2 aromatic rings. The fourth-order valence-corrected chi connectivity index (χ4v) is 2.36. The van der Waals surface area contributed by atoms with Gasteiger partial charge in [-0.15, -0.1) is 0 Å². The second-order valence-corrected chi connectivity index (χ2v) is 5.72. The van der Waals surface area contributed by atoms with Crippen molar-refractivity contribution in [2.75, 3.05) is 5.32 Å². The highest BCUT2D eigenvalue weighted by atomic mass is 35.5. The molecule has 0 saturated carbocycles. The molecule has 0 aromatic carbocycles. The quantitative estimate of drug-likeness (QED) is 0.759. The Balaban J connectivity index is 2.11. The third-order valence-electron chi connectivity index (χ3n) is 3.43. The van der Waals surface area contributed by atoms with Crippen molar-refractivity contribution in [3.05, 3.63) is 27.8 Å². The van der Waals surface area contributed by atoms with E-state index in [0.717, 1.165) is 4.68 Å². The van der Waals surface area contributed by atoms with Crippen LogP contribution in [-0.2, 0) is 23.7 Å². The van der Waals surface area contributed by atoms with E-state index in [1.54, 1.807) is 0 Å². The zero-order valence-corrected chi connectivity index (χ0v) is 14.1. The average Bonchev–Trinajstić information content (AvgIpc) is 2.99. The minimum Gasteiger partial charge on any atom is -0.323 e.